The van der Waals surface area contributed by atoms with Crippen LogP contribution in [0.1, 0.15) is 23.8 Å². The monoisotopic (exact) mass is 405 g/mol. The largest absolute Gasteiger partial charge is 0.496 e. The molecule has 1 N–H and O–H groups in total. The maximum Gasteiger partial charge on any atom is 0.339 e. The molecule has 0 aliphatic rings. The summed E-state index contributed by atoms with van der Waals surface area (Å²) >= 11 is 0. The lowest BCUT2D eigenvalue weighted by Crippen LogP contribution is -2.35. The van der Waals surface area contributed by atoms with E-state index in [0.29, 0.717) is 22.6 Å². The van der Waals surface area contributed by atoms with Crippen molar-refractivity contribution in [3.05, 3.63) is 89.9 Å². The van der Waals surface area contributed by atoms with Crippen molar-refractivity contribution in [3.63, 3.8) is 0 Å². The third-order valence-corrected chi connectivity index (χ3v) is 4.41. The van der Waals surface area contributed by atoms with Crippen molar-refractivity contribution < 1.29 is 23.5 Å². The van der Waals surface area contributed by atoms with E-state index in [1.165, 1.54) is 13.2 Å². The number of furan rings is 1. The highest BCUT2D eigenvalue weighted by molar-refractivity contribution is 6.22. The third-order valence-electron chi connectivity index (χ3n) is 4.41. The number of hydrogen-bond donors (Lipinski definition) is 1. The van der Waals surface area contributed by atoms with Crippen LogP contribution in [0.15, 0.2) is 77.4 Å². The number of methoxy groups -OCH3 is 1. The average molecular weight is 405 g/mol. The Bertz CT molecular complexity index is 1010. The van der Waals surface area contributed by atoms with Gasteiger partial charge in [0.1, 0.15) is 11.5 Å². The lowest BCUT2D eigenvalue weighted by atomic mass is 10.0. The molecule has 0 spiro atoms. The molecule has 0 saturated heterocycles. The highest BCUT2D eigenvalue weighted by Crippen LogP contribution is 2.25. The van der Waals surface area contributed by atoms with Crippen LogP contribution in [0, 0.1) is 0 Å². The van der Waals surface area contributed by atoms with Gasteiger partial charge in [0.2, 0.25) is 0 Å². The minimum Gasteiger partial charge on any atom is -0.496 e. The van der Waals surface area contributed by atoms with Crippen molar-refractivity contribution in [2.45, 2.75) is 19.6 Å². The number of carbonyl (C=O) groups is 2. The SMILES string of the molecule is COc1ccccc1/C=C(/C(=O)O[C@@H](C)C(=O)NCc1ccco1)c1ccccc1. The van der Waals surface area contributed by atoms with E-state index in [-0.39, 0.29) is 6.54 Å². The van der Waals surface area contributed by atoms with Crippen LogP contribution < -0.4 is 10.1 Å². The number of hydrogen-bond acceptors (Lipinski definition) is 5. The zero-order valence-corrected chi connectivity index (χ0v) is 16.8. The Morgan fingerprint density at radius 3 is 2.47 bits per heavy atom. The van der Waals surface area contributed by atoms with Gasteiger partial charge in [-0.2, -0.15) is 0 Å². The number of benzene rings is 2. The highest BCUT2D eigenvalue weighted by Gasteiger charge is 2.22. The van der Waals surface area contributed by atoms with E-state index in [1.54, 1.807) is 25.3 Å². The molecule has 6 heteroatoms. The van der Waals surface area contributed by atoms with E-state index >= 15 is 0 Å². The predicted octanol–water partition coefficient (Wildman–Crippen LogP) is 4.08. The van der Waals surface area contributed by atoms with Gasteiger partial charge in [0.15, 0.2) is 6.10 Å². The Morgan fingerprint density at radius 2 is 1.77 bits per heavy atom. The van der Waals surface area contributed by atoms with Crippen LogP contribution >= 0.6 is 0 Å². The van der Waals surface area contributed by atoms with Gasteiger partial charge in [0.05, 0.1) is 25.5 Å². The molecule has 30 heavy (non-hydrogen) atoms. The summed E-state index contributed by atoms with van der Waals surface area (Å²) in [4.78, 5) is 25.3. The lowest BCUT2D eigenvalue weighted by molar-refractivity contribution is -0.149. The normalized spacial score (nSPS) is 12.1. The van der Waals surface area contributed by atoms with E-state index in [1.807, 2.05) is 54.6 Å². The summed E-state index contributed by atoms with van der Waals surface area (Å²) in [6.45, 7) is 1.75. The molecule has 3 aromatic rings. The molecule has 0 fully saturated rings. The molecular weight excluding hydrogens is 382 g/mol. The van der Waals surface area contributed by atoms with Crippen molar-refractivity contribution >= 4 is 23.5 Å². The molecular formula is C24H23NO5. The molecule has 1 heterocycles. The van der Waals surface area contributed by atoms with Gasteiger partial charge in [-0.05, 0) is 36.8 Å². The molecule has 0 aliphatic carbocycles. The topological polar surface area (TPSA) is 77.8 Å². The standard InChI is InChI=1S/C24H23NO5/c1-17(23(26)25-16-20-12-8-14-29-20)30-24(27)21(18-9-4-3-5-10-18)15-19-11-6-7-13-22(19)28-2/h3-15,17H,16H2,1-2H3,(H,25,26)/b21-15+/t17-/m0/s1. The average Bonchev–Trinajstić information content (AvgIpc) is 3.30. The molecule has 0 bridgehead atoms. The summed E-state index contributed by atoms with van der Waals surface area (Å²) in [5, 5.41) is 2.69. The molecule has 1 amide bonds. The fourth-order valence-corrected chi connectivity index (χ4v) is 2.83. The number of carbonyl (C=O) groups excluding carboxylic acids is 2. The second-order valence-electron chi connectivity index (χ2n) is 6.51. The maximum atomic E-state index is 13.0. The fourth-order valence-electron chi connectivity index (χ4n) is 2.83. The van der Waals surface area contributed by atoms with Crippen LogP contribution in [0.5, 0.6) is 5.75 Å². The van der Waals surface area contributed by atoms with Crippen molar-refractivity contribution in [1.29, 1.82) is 0 Å². The third kappa shape index (κ3) is 5.38. The Balaban J connectivity index is 1.78. The molecule has 0 aliphatic heterocycles. The first kappa shape index (κ1) is 20.9. The molecule has 0 radical (unpaired) electrons. The Labute approximate surface area is 175 Å². The number of nitrogens with one attached hydrogen (secondary N) is 1. The van der Waals surface area contributed by atoms with Gasteiger partial charge in [-0.1, -0.05) is 48.5 Å². The second-order valence-corrected chi connectivity index (χ2v) is 6.51. The zero-order chi connectivity index (χ0) is 21.3. The van der Waals surface area contributed by atoms with E-state index in [0.717, 1.165) is 5.56 Å². The first-order valence-corrected chi connectivity index (χ1v) is 9.49. The van der Waals surface area contributed by atoms with Gasteiger partial charge in [-0.3, -0.25) is 4.79 Å². The van der Waals surface area contributed by atoms with Crippen LogP contribution in [0.25, 0.3) is 11.6 Å². The number of esters is 1. The zero-order valence-electron chi connectivity index (χ0n) is 16.8. The highest BCUT2D eigenvalue weighted by atomic mass is 16.5. The van der Waals surface area contributed by atoms with Crippen LogP contribution in [-0.2, 0) is 20.9 Å². The molecule has 0 unspecified atom stereocenters. The van der Waals surface area contributed by atoms with Crippen molar-refractivity contribution in [2.75, 3.05) is 7.11 Å². The predicted molar refractivity (Wildman–Crippen MR) is 113 cm³/mol. The van der Waals surface area contributed by atoms with Crippen molar-refractivity contribution in [2.24, 2.45) is 0 Å². The van der Waals surface area contributed by atoms with Gasteiger partial charge in [0, 0.05) is 5.56 Å². The van der Waals surface area contributed by atoms with E-state index < -0.39 is 18.0 Å². The summed E-state index contributed by atoms with van der Waals surface area (Å²) in [5.74, 6) is 0.225. The van der Waals surface area contributed by atoms with Gasteiger partial charge < -0.3 is 19.2 Å². The molecule has 2 aromatic carbocycles. The molecule has 3 rings (SSSR count). The molecule has 0 saturated carbocycles. The first-order valence-electron chi connectivity index (χ1n) is 9.49. The van der Waals surface area contributed by atoms with Gasteiger partial charge >= 0.3 is 5.97 Å². The minimum absolute atomic E-state index is 0.219. The van der Waals surface area contributed by atoms with Gasteiger partial charge in [-0.25, -0.2) is 4.79 Å². The number of ether oxygens (including phenoxy) is 2. The summed E-state index contributed by atoms with van der Waals surface area (Å²) in [6, 6.07) is 20.0. The quantitative estimate of drug-likeness (QED) is 0.347. The minimum atomic E-state index is -0.975. The van der Waals surface area contributed by atoms with E-state index in [2.05, 4.69) is 5.32 Å². The summed E-state index contributed by atoms with van der Waals surface area (Å²) in [7, 11) is 1.57. The molecule has 1 aromatic heterocycles. The smallest absolute Gasteiger partial charge is 0.339 e. The summed E-state index contributed by atoms with van der Waals surface area (Å²) < 4.78 is 16.0. The Hall–Kier alpha value is -3.80. The van der Waals surface area contributed by atoms with Crippen molar-refractivity contribution in [3.8, 4) is 5.75 Å². The summed E-state index contributed by atoms with van der Waals surface area (Å²) in [5.41, 5.74) is 1.73. The molecule has 154 valence electrons. The summed E-state index contributed by atoms with van der Waals surface area (Å²) in [6.07, 6.45) is 2.25. The first-order chi connectivity index (χ1) is 14.6. The second kappa shape index (κ2) is 10.1. The van der Waals surface area contributed by atoms with Crippen LogP contribution in [0.3, 0.4) is 0 Å². The fraction of sp³-hybridized carbons (Fsp3) is 0.167. The van der Waals surface area contributed by atoms with Crippen LogP contribution in [-0.4, -0.2) is 25.1 Å². The van der Waals surface area contributed by atoms with E-state index in [4.69, 9.17) is 13.9 Å². The number of para-hydroxylation sites is 1. The Kier molecular flexibility index (Phi) is 7.05. The molecule has 6 nitrogen and oxygen atoms in total. The van der Waals surface area contributed by atoms with Crippen LogP contribution in [0.2, 0.25) is 0 Å². The van der Waals surface area contributed by atoms with Gasteiger partial charge in [-0.15, -0.1) is 0 Å². The van der Waals surface area contributed by atoms with Gasteiger partial charge in [0.25, 0.3) is 5.91 Å². The Morgan fingerprint density at radius 1 is 1.03 bits per heavy atom. The van der Waals surface area contributed by atoms with Crippen molar-refractivity contribution in [1.82, 2.24) is 5.32 Å². The van der Waals surface area contributed by atoms with E-state index in [9.17, 15) is 9.59 Å². The maximum absolute atomic E-state index is 13.0. The number of rotatable bonds is 8. The van der Waals surface area contributed by atoms with Crippen LogP contribution in [0.4, 0.5) is 0 Å². The lowest BCUT2D eigenvalue weighted by Gasteiger charge is -2.15. The molecule has 1 atom stereocenters. The number of amides is 1.